The summed E-state index contributed by atoms with van der Waals surface area (Å²) in [5.74, 6) is 1.25. The van der Waals surface area contributed by atoms with Crippen LogP contribution < -0.4 is 9.64 Å². The van der Waals surface area contributed by atoms with Crippen molar-refractivity contribution < 1.29 is 19.5 Å². The van der Waals surface area contributed by atoms with E-state index < -0.39 is 6.10 Å². The minimum Gasteiger partial charge on any atom is -0.494 e. The maximum Gasteiger partial charge on any atom is 0.214 e. The highest BCUT2D eigenvalue weighted by Crippen LogP contribution is 2.27. The fraction of sp³-hybridized carbons (Fsp3) is 0.562. The number of benzene rings is 1. The van der Waals surface area contributed by atoms with Gasteiger partial charge in [0.05, 0.1) is 20.3 Å². The Labute approximate surface area is 151 Å². The van der Waals surface area contributed by atoms with Gasteiger partial charge < -0.3 is 19.5 Å². The predicted octanol–water partition coefficient (Wildman–Crippen LogP) is -0.653. The molecule has 1 saturated heterocycles. The summed E-state index contributed by atoms with van der Waals surface area (Å²) < 4.78 is 12.4. The molecule has 0 unspecified atom stereocenters. The first-order valence-electron chi connectivity index (χ1n) is 8.33. The van der Waals surface area contributed by atoms with Crippen LogP contribution in [0, 0.1) is 6.92 Å². The number of quaternary nitrogens is 1. The molecule has 0 aliphatic carbocycles. The molecule has 2 aromatic rings. The first-order valence-corrected chi connectivity index (χ1v) is 9.31. The number of hydrogen-bond acceptors (Lipinski definition) is 7. The third kappa shape index (κ3) is 4.69. The van der Waals surface area contributed by atoms with Crippen LogP contribution in [0.4, 0.5) is 0 Å². The van der Waals surface area contributed by atoms with Gasteiger partial charge in [0.2, 0.25) is 5.16 Å². The molecule has 25 heavy (non-hydrogen) atoms. The molecule has 0 bridgehead atoms. The Bertz CT molecular complexity index is 690. The highest BCUT2D eigenvalue weighted by Gasteiger charge is 2.20. The van der Waals surface area contributed by atoms with Crippen molar-refractivity contribution in [2.45, 2.75) is 18.2 Å². The van der Waals surface area contributed by atoms with Crippen molar-refractivity contribution in [3.63, 3.8) is 0 Å². The lowest BCUT2D eigenvalue weighted by atomic mass is 10.2. The van der Waals surface area contributed by atoms with E-state index in [1.165, 1.54) is 16.7 Å². The van der Waals surface area contributed by atoms with Crippen molar-refractivity contribution in [2.75, 3.05) is 45.7 Å². The lowest BCUT2D eigenvalue weighted by Gasteiger charge is -2.25. The van der Waals surface area contributed by atoms with E-state index in [-0.39, 0.29) is 0 Å². The third-order valence-corrected chi connectivity index (χ3v) is 5.20. The lowest BCUT2D eigenvalue weighted by Crippen LogP contribution is -3.15. The predicted molar refractivity (Wildman–Crippen MR) is 93.6 cm³/mol. The van der Waals surface area contributed by atoms with Gasteiger partial charge >= 0.3 is 0 Å². The molecule has 136 valence electrons. The van der Waals surface area contributed by atoms with Crippen molar-refractivity contribution in [1.29, 1.82) is 0 Å². The van der Waals surface area contributed by atoms with Gasteiger partial charge in [-0.05, 0) is 35.0 Å². The number of nitrogens with one attached hydrogen (secondary N) is 1. The molecule has 0 spiro atoms. The summed E-state index contributed by atoms with van der Waals surface area (Å²) in [5.41, 5.74) is 1.89. The number of rotatable bonds is 7. The normalized spacial score (nSPS) is 16.8. The monoisotopic (exact) mass is 366 g/mol. The summed E-state index contributed by atoms with van der Waals surface area (Å²) in [7, 11) is 1.63. The Morgan fingerprint density at radius 1 is 1.40 bits per heavy atom. The number of morpholine rings is 1. The zero-order valence-corrected chi connectivity index (χ0v) is 15.3. The maximum absolute atomic E-state index is 10.3. The molecule has 0 amide bonds. The van der Waals surface area contributed by atoms with Crippen LogP contribution in [-0.4, -0.2) is 77.1 Å². The smallest absolute Gasteiger partial charge is 0.214 e. The van der Waals surface area contributed by atoms with Crippen LogP contribution in [0.2, 0.25) is 0 Å². The molecule has 2 N–H and O–H groups in total. The van der Waals surface area contributed by atoms with Crippen molar-refractivity contribution in [1.82, 2.24) is 20.2 Å². The summed E-state index contributed by atoms with van der Waals surface area (Å²) in [6.45, 7) is 6.14. The van der Waals surface area contributed by atoms with E-state index in [0.29, 0.717) is 23.2 Å². The lowest BCUT2D eigenvalue weighted by molar-refractivity contribution is -0.910. The van der Waals surface area contributed by atoms with Crippen LogP contribution in [0.5, 0.6) is 5.75 Å². The number of methoxy groups -OCH3 is 1. The number of aliphatic hydroxyl groups is 1. The van der Waals surface area contributed by atoms with E-state index in [0.717, 1.165) is 37.6 Å². The Balaban J connectivity index is 1.65. The van der Waals surface area contributed by atoms with Gasteiger partial charge in [-0.1, -0.05) is 17.8 Å². The Morgan fingerprint density at radius 2 is 2.20 bits per heavy atom. The molecule has 0 saturated carbocycles. The summed E-state index contributed by atoms with van der Waals surface area (Å²) in [5, 5.41) is 22.9. The molecule has 2 heterocycles. The molecule has 1 aromatic heterocycles. The molecular formula is C16H24N5O3S+. The number of nitrogens with zero attached hydrogens (tertiary/aromatic N) is 4. The molecule has 1 aliphatic rings. The fourth-order valence-corrected chi connectivity index (χ4v) is 3.62. The molecule has 1 aliphatic heterocycles. The number of aryl methyl sites for hydroxylation is 1. The molecule has 9 heteroatoms. The van der Waals surface area contributed by atoms with Crippen LogP contribution in [0.15, 0.2) is 23.4 Å². The Kier molecular flexibility index (Phi) is 6.24. The average molecular weight is 366 g/mol. The fourth-order valence-electron chi connectivity index (χ4n) is 2.81. The van der Waals surface area contributed by atoms with E-state index in [4.69, 9.17) is 9.47 Å². The van der Waals surface area contributed by atoms with E-state index in [1.54, 1.807) is 11.8 Å². The minimum absolute atomic E-state index is 0.414. The van der Waals surface area contributed by atoms with Gasteiger partial charge in [0, 0.05) is 5.75 Å². The Morgan fingerprint density at radius 3 is 2.96 bits per heavy atom. The number of hydrogen-bond donors (Lipinski definition) is 2. The topological polar surface area (TPSA) is 86.7 Å². The van der Waals surface area contributed by atoms with Gasteiger partial charge in [0.15, 0.2) is 0 Å². The van der Waals surface area contributed by atoms with Crippen molar-refractivity contribution >= 4 is 11.8 Å². The largest absolute Gasteiger partial charge is 0.494 e. The van der Waals surface area contributed by atoms with Gasteiger partial charge in [0.1, 0.15) is 37.2 Å². The van der Waals surface area contributed by atoms with Crippen LogP contribution in [0.3, 0.4) is 0 Å². The van der Waals surface area contributed by atoms with Gasteiger partial charge in [-0.25, -0.2) is 0 Å². The number of ether oxygens (including phenoxy) is 2. The number of tetrazole rings is 1. The van der Waals surface area contributed by atoms with E-state index in [1.807, 2.05) is 25.1 Å². The van der Waals surface area contributed by atoms with Crippen molar-refractivity contribution in [3.8, 4) is 11.4 Å². The molecule has 8 nitrogen and oxygen atoms in total. The second-order valence-corrected chi connectivity index (χ2v) is 7.07. The standard InChI is InChI=1S/C16H23N5O3S/c1-12-3-4-15(23-2)14(9-12)21-16(17-18-19-21)25-11-13(22)10-20-5-7-24-8-6-20/h3-4,9,13,22H,5-8,10-11H2,1-2H3/p+1/t13-/m1/s1. The molecule has 1 fully saturated rings. The second kappa shape index (κ2) is 8.61. The van der Waals surface area contributed by atoms with Crippen LogP contribution >= 0.6 is 11.8 Å². The first-order chi connectivity index (χ1) is 12.2. The summed E-state index contributed by atoms with van der Waals surface area (Å²) in [6.07, 6.45) is -0.414. The molecule has 1 atom stereocenters. The van der Waals surface area contributed by atoms with Crippen LogP contribution in [-0.2, 0) is 4.74 Å². The summed E-state index contributed by atoms with van der Waals surface area (Å²) >= 11 is 1.45. The molecule has 0 radical (unpaired) electrons. The molecule has 1 aromatic carbocycles. The van der Waals surface area contributed by atoms with Crippen LogP contribution in [0.25, 0.3) is 5.69 Å². The number of thioether (sulfide) groups is 1. The maximum atomic E-state index is 10.3. The highest BCUT2D eigenvalue weighted by atomic mass is 32.2. The van der Waals surface area contributed by atoms with Gasteiger partial charge in [-0.15, -0.1) is 5.10 Å². The van der Waals surface area contributed by atoms with E-state index >= 15 is 0 Å². The van der Waals surface area contributed by atoms with Crippen molar-refractivity contribution in [2.24, 2.45) is 0 Å². The van der Waals surface area contributed by atoms with E-state index in [9.17, 15) is 5.11 Å². The zero-order chi connectivity index (χ0) is 17.6. The average Bonchev–Trinajstić information content (AvgIpc) is 3.09. The van der Waals surface area contributed by atoms with Crippen LogP contribution in [0.1, 0.15) is 5.56 Å². The number of aliphatic hydroxyl groups excluding tert-OH is 1. The minimum atomic E-state index is -0.414. The van der Waals surface area contributed by atoms with Gasteiger partial charge in [0.25, 0.3) is 0 Å². The first kappa shape index (κ1) is 18.1. The number of aromatic nitrogens is 4. The zero-order valence-electron chi connectivity index (χ0n) is 14.5. The summed E-state index contributed by atoms with van der Waals surface area (Å²) in [6, 6.07) is 5.86. The third-order valence-electron chi connectivity index (χ3n) is 4.13. The molecule has 3 rings (SSSR count). The second-order valence-electron chi connectivity index (χ2n) is 6.08. The highest BCUT2D eigenvalue weighted by molar-refractivity contribution is 7.99. The van der Waals surface area contributed by atoms with Gasteiger partial charge in [-0.2, -0.15) is 4.68 Å². The van der Waals surface area contributed by atoms with Crippen molar-refractivity contribution in [3.05, 3.63) is 23.8 Å². The Hall–Kier alpha value is -1.68. The SMILES string of the molecule is COc1ccc(C)cc1-n1nnnc1SC[C@H](O)C[NH+]1CCOCC1. The van der Waals surface area contributed by atoms with Gasteiger partial charge in [-0.3, -0.25) is 0 Å². The summed E-state index contributed by atoms with van der Waals surface area (Å²) in [4.78, 5) is 1.37. The molecular weight excluding hydrogens is 342 g/mol. The quantitative estimate of drug-likeness (QED) is 0.630. The van der Waals surface area contributed by atoms with E-state index in [2.05, 4.69) is 15.5 Å².